The first-order valence-corrected chi connectivity index (χ1v) is 10.9. The van der Waals surface area contributed by atoms with Crippen LogP contribution in [0.1, 0.15) is 41.6 Å². The maximum Gasteiger partial charge on any atom is 0.251 e. The number of carbonyl (C=O) groups is 1. The molecule has 0 saturated heterocycles. The number of amides is 1. The van der Waals surface area contributed by atoms with E-state index in [9.17, 15) is 13.2 Å². The predicted octanol–water partition coefficient (Wildman–Crippen LogP) is 2.47. The number of benzene rings is 1. The van der Waals surface area contributed by atoms with Crippen molar-refractivity contribution in [2.45, 2.75) is 24.8 Å². The van der Waals surface area contributed by atoms with Gasteiger partial charge in [0.1, 0.15) is 12.4 Å². The Bertz CT molecular complexity index is 1230. The van der Waals surface area contributed by atoms with Crippen molar-refractivity contribution in [3.8, 4) is 11.9 Å². The molecule has 2 aromatic heterocycles. The lowest BCUT2D eigenvalue weighted by atomic mass is 10.2. The van der Waals surface area contributed by atoms with Gasteiger partial charge in [0.25, 0.3) is 5.91 Å². The number of nitrogens with one attached hydrogen (secondary N) is 1. The van der Waals surface area contributed by atoms with Crippen LogP contribution in [0.15, 0.2) is 47.8 Å². The van der Waals surface area contributed by atoms with Crippen molar-refractivity contribution in [3.63, 3.8) is 0 Å². The summed E-state index contributed by atoms with van der Waals surface area (Å²) in [6.45, 7) is 3.22. The summed E-state index contributed by atoms with van der Waals surface area (Å²) in [5, 5.41) is 15.9. The van der Waals surface area contributed by atoms with Crippen LogP contribution < -0.4 is 5.32 Å². The van der Waals surface area contributed by atoms with Crippen molar-refractivity contribution in [2.24, 2.45) is 0 Å². The monoisotopic (exact) mass is 444 g/mol. The van der Waals surface area contributed by atoms with E-state index in [1.807, 2.05) is 6.07 Å². The van der Waals surface area contributed by atoms with E-state index >= 15 is 0 Å². The number of hydrogen-bond donors (Lipinski definition) is 1. The van der Waals surface area contributed by atoms with Crippen LogP contribution in [0.5, 0.6) is 0 Å². The average Bonchev–Trinajstić information content (AvgIpc) is 3.23. The standard InChI is InChI=1S/C19H17ClN6O3S/c1-3-30(28,29)16-7-14(6-15(20)8-16)19(27)25-12(2)18-23-11-24-26(18)17-5-4-13(9-21)10-22-17/h4-8,10-12H,3H2,1-2H3,(H,25,27)/t12-/m0/s1. The van der Waals surface area contributed by atoms with Crippen LogP contribution in [0.25, 0.3) is 5.82 Å². The third-order valence-corrected chi connectivity index (χ3v) is 6.21. The summed E-state index contributed by atoms with van der Waals surface area (Å²) in [7, 11) is -3.52. The molecule has 0 saturated carbocycles. The van der Waals surface area contributed by atoms with E-state index in [2.05, 4.69) is 20.4 Å². The van der Waals surface area contributed by atoms with E-state index < -0.39 is 21.8 Å². The zero-order valence-corrected chi connectivity index (χ0v) is 17.6. The number of halogens is 1. The fourth-order valence-electron chi connectivity index (χ4n) is 2.68. The lowest BCUT2D eigenvalue weighted by molar-refractivity contribution is 0.0937. The number of carbonyl (C=O) groups excluding carboxylic acids is 1. The van der Waals surface area contributed by atoms with E-state index in [1.54, 1.807) is 19.1 Å². The van der Waals surface area contributed by atoms with Crippen molar-refractivity contribution in [2.75, 3.05) is 5.75 Å². The van der Waals surface area contributed by atoms with Gasteiger partial charge in [0.15, 0.2) is 21.5 Å². The summed E-state index contributed by atoms with van der Waals surface area (Å²) >= 11 is 6.02. The average molecular weight is 445 g/mol. The first-order chi connectivity index (χ1) is 14.2. The number of sulfone groups is 1. The molecule has 0 unspecified atom stereocenters. The van der Waals surface area contributed by atoms with Crippen molar-refractivity contribution < 1.29 is 13.2 Å². The molecule has 3 aromatic rings. The Hall–Kier alpha value is -3.29. The molecule has 2 heterocycles. The fourth-order valence-corrected chi connectivity index (χ4v) is 3.93. The predicted molar refractivity (Wildman–Crippen MR) is 109 cm³/mol. The highest BCUT2D eigenvalue weighted by molar-refractivity contribution is 7.91. The van der Waals surface area contributed by atoms with Crippen LogP contribution in [0, 0.1) is 11.3 Å². The van der Waals surface area contributed by atoms with Crippen LogP contribution in [0.3, 0.4) is 0 Å². The van der Waals surface area contributed by atoms with Gasteiger partial charge in [-0.05, 0) is 37.3 Å². The van der Waals surface area contributed by atoms with Crippen LogP contribution in [-0.2, 0) is 9.84 Å². The van der Waals surface area contributed by atoms with Crippen LogP contribution in [0.2, 0.25) is 5.02 Å². The van der Waals surface area contributed by atoms with E-state index in [4.69, 9.17) is 16.9 Å². The molecule has 0 fully saturated rings. The summed E-state index contributed by atoms with van der Waals surface area (Å²) < 4.78 is 25.7. The maximum absolute atomic E-state index is 12.7. The van der Waals surface area contributed by atoms with E-state index in [1.165, 1.54) is 42.3 Å². The summed E-state index contributed by atoms with van der Waals surface area (Å²) in [4.78, 5) is 21.1. The number of rotatable bonds is 6. The Labute approximate surface area is 178 Å². The number of nitriles is 1. The first-order valence-electron chi connectivity index (χ1n) is 8.86. The van der Waals surface area contributed by atoms with Gasteiger partial charge in [-0.1, -0.05) is 18.5 Å². The molecule has 30 heavy (non-hydrogen) atoms. The molecule has 154 valence electrons. The SMILES string of the molecule is CCS(=O)(=O)c1cc(Cl)cc(C(=O)N[C@@H](C)c2ncnn2-c2ccc(C#N)cn2)c1. The lowest BCUT2D eigenvalue weighted by Gasteiger charge is -2.15. The molecule has 11 heteroatoms. The van der Waals surface area contributed by atoms with Gasteiger partial charge in [0.05, 0.1) is 22.3 Å². The normalized spacial score (nSPS) is 12.2. The minimum atomic E-state index is -3.52. The van der Waals surface area contributed by atoms with Gasteiger partial charge in [-0.3, -0.25) is 4.79 Å². The van der Waals surface area contributed by atoms with E-state index in [-0.39, 0.29) is 21.2 Å². The van der Waals surface area contributed by atoms with Crippen LogP contribution >= 0.6 is 11.6 Å². The van der Waals surface area contributed by atoms with Crippen LogP contribution in [0.4, 0.5) is 0 Å². The summed E-state index contributed by atoms with van der Waals surface area (Å²) in [5.41, 5.74) is 0.518. The molecule has 1 N–H and O–H groups in total. The topological polar surface area (TPSA) is 131 Å². The molecule has 0 aliphatic carbocycles. The summed E-state index contributed by atoms with van der Waals surface area (Å²) in [6, 6.07) is 8.62. The van der Waals surface area contributed by atoms with Gasteiger partial charge in [0, 0.05) is 16.8 Å². The van der Waals surface area contributed by atoms with Crippen molar-refractivity contribution in [1.29, 1.82) is 5.26 Å². The zero-order valence-electron chi connectivity index (χ0n) is 16.1. The van der Waals surface area contributed by atoms with Crippen LogP contribution in [-0.4, -0.2) is 39.8 Å². The van der Waals surface area contributed by atoms with Crippen molar-refractivity contribution in [3.05, 3.63) is 64.8 Å². The largest absolute Gasteiger partial charge is 0.342 e. The number of pyridine rings is 1. The Balaban J connectivity index is 1.86. The van der Waals surface area contributed by atoms with Crippen molar-refractivity contribution in [1.82, 2.24) is 25.1 Å². The summed E-state index contributed by atoms with van der Waals surface area (Å²) in [5.74, 6) is 0.219. The minimum absolute atomic E-state index is 0.0137. The molecule has 0 aliphatic rings. The highest BCUT2D eigenvalue weighted by Crippen LogP contribution is 2.21. The second-order valence-corrected chi connectivity index (χ2v) is 9.04. The Kier molecular flexibility index (Phi) is 6.14. The van der Waals surface area contributed by atoms with Gasteiger partial charge in [-0.2, -0.15) is 15.0 Å². The minimum Gasteiger partial charge on any atom is -0.342 e. The molecule has 1 aromatic carbocycles. The molecular formula is C19H17ClN6O3S. The van der Waals surface area contributed by atoms with Gasteiger partial charge in [-0.25, -0.2) is 18.4 Å². The number of nitrogens with zero attached hydrogens (tertiary/aromatic N) is 5. The molecule has 1 amide bonds. The smallest absolute Gasteiger partial charge is 0.251 e. The first kappa shape index (κ1) is 21.4. The Morgan fingerprint density at radius 2 is 2.07 bits per heavy atom. The Morgan fingerprint density at radius 3 is 2.70 bits per heavy atom. The molecule has 0 aliphatic heterocycles. The molecule has 0 spiro atoms. The highest BCUT2D eigenvalue weighted by Gasteiger charge is 2.20. The fraction of sp³-hybridized carbons (Fsp3) is 0.211. The molecule has 1 atom stereocenters. The lowest BCUT2D eigenvalue weighted by Crippen LogP contribution is -2.29. The van der Waals surface area contributed by atoms with E-state index in [0.717, 1.165) is 0 Å². The maximum atomic E-state index is 12.7. The molecule has 0 bridgehead atoms. The van der Waals surface area contributed by atoms with Gasteiger partial charge in [-0.15, -0.1) is 0 Å². The third kappa shape index (κ3) is 4.48. The number of aromatic nitrogens is 4. The third-order valence-electron chi connectivity index (χ3n) is 4.28. The molecule has 9 nitrogen and oxygen atoms in total. The zero-order chi connectivity index (χ0) is 21.9. The number of hydrogen-bond acceptors (Lipinski definition) is 7. The highest BCUT2D eigenvalue weighted by atomic mass is 35.5. The second-order valence-electron chi connectivity index (χ2n) is 6.32. The van der Waals surface area contributed by atoms with Crippen molar-refractivity contribution >= 4 is 27.3 Å². The second kappa shape index (κ2) is 8.61. The van der Waals surface area contributed by atoms with E-state index in [0.29, 0.717) is 17.2 Å². The van der Waals surface area contributed by atoms with Gasteiger partial charge >= 0.3 is 0 Å². The van der Waals surface area contributed by atoms with Gasteiger partial charge in [0.2, 0.25) is 0 Å². The quantitative estimate of drug-likeness (QED) is 0.617. The molecule has 0 radical (unpaired) electrons. The molecule has 3 rings (SSSR count). The Morgan fingerprint density at radius 1 is 1.30 bits per heavy atom. The summed E-state index contributed by atoms with van der Waals surface area (Å²) in [6.07, 6.45) is 2.73. The molecular weight excluding hydrogens is 428 g/mol. The van der Waals surface area contributed by atoms with Gasteiger partial charge < -0.3 is 5.32 Å².